The molecule has 1 amide bonds. The third kappa shape index (κ3) is 4.77. The van der Waals surface area contributed by atoms with Crippen molar-refractivity contribution >= 4 is 17.7 Å². The maximum absolute atomic E-state index is 11.4. The molecule has 1 aromatic rings. The van der Waals surface area contributed by atoms with Gasteiger partial charge in [-0.1, -0.05) is 12.1 Å². The van der Waals surface area contributed by atoms with Crippen molar-refractivity contribution in [3.63, 3.8) is 0 Å². The van der Waals surface area contributed by atoms with Crippen LogP contribution in [0.5, 0.6) is 0 Å². The van der Waals surface area contributed by atoms with Gasteiger partial charge in [0.05, 0.1) is 0 Å². The van der Waals surface area contributed by atoms with Crippen LogP contribution >= 0.6 is 11.8 Å². The van der Waals surface area contributed by atoms with E-state index in [2.05, 4.69) is 23.6 Å². The number of nitrogens with two attached hydrogens (primary N) is 1. The Bertz CT molecular complexity index is 371. The number of carbonyl (C=O) groups excluding carboxylic acids is 1. The van der Waals surface area contributed by atoms with Gasteiger partial charge < -0.3 is 4.90 Å². The molecule has 0 heterocycles. The molecule has 1 rings (SSSR count). The van der Waals surface area contributed by atoms with E-state index < -0.39 is 0 Å². The van der Waals surface area contributed by atoms with E-state index >= 15 is 0 Å². The van der Waals surface area contributed by atoms with Crippen LogP contribution in [0, 0.1) is 0 Å². The van der Waals surface area contributed by atoms with Crippen molar-refractivity contribution in [1.29, 1.82) is 0 Å². The molecule has 0 bridgehead atoms. The molecule has 5 heteroatoms. The van der Waals surface area contributed by atoms with Crippen molar-refractivity contribution in [2.75, 3.05) is 25.6 Å². The Morgan fingerprint density at radius 3 is 2.94 bits per heavy atom. The Hall–Kier alpha value is -1.04. The summed E-state index contributed by atoms with van der Waals surface area (Å²) in [6.45, 7) is 1.88. The van der Waals surface area contributed by atoms with Crippen LogP contribution in [0.3, 0.4) is 0 Å². The van der Waals surface area contributed by atoms with E-state index in [0.29, 0.717) is 5.56 Å². The number of hydrogen-bond donors (Lipinski definition) is 2. The number of thioether (sulfide) groups is 1. The number of nitrogens with zero attached hydrogens (tertiary/aromatic N) is 1. The summed E-state index contributed by atoms with van der Waals surface area (Å²) in [5.41, 5.74) is 3.86. The molecule has 0 aromatic heterocycles. The highest BCUT2D eigenvalue weighted by Crippen LogP contribution is 2.08. The predicted octanol–water partition coefficient (Wildman–Crippen LogP) is 1.08. The third-order valence-electron chi connectivity index (χ3n) is 2.45. The monoisotopic (exact) mass is 253 g/mol. The van der Waals surface area contributed by atoms with E-state index in [9.17, 15) is 4.79 Å². The number of nitrogen functional groups attached to an aromatic ring is 1. The van der Waals surface area contributed by atoms with Gasteiger partial charge in [0.2, 0.25) is 0 Å². The summed E-state index contributed by atoms with van der Waals surface area (Å²) in [6, 6.07) is 7.52. The molecule has 0 atom stereocenters. The summed E-state index contributed by atoms with van der Waals surface area (Å²) in [5, 5.41) is 0. The van der Waals surface area contributed by atoms with E-state index in [1.54, 1.807) is 6.07 Å². The molecular formula is C12H19N3OS. The van der Waals surface area contributed by atoms with Gasteiger partial charge in [0.25, 0.3) is 5.91 Å². The first-order valence-electron chi connectivity index (χ1n) is 5.44. The Balaban J connectivity index is 2.62. The molecule has 0 spiro atoms. The average Bonchev–Trinajstić information content (AvgIpc) is 2.35. The van der Waals surface area contributed by atoms with Gasteiger partial charge in [-0.2, -0.15) is 11.8 Å². The summed E-state index contributed by atoms with van der Waals surface area (Å²) in [7, 11) is 2.08. The number of nitrogens with one attached hydrogen (secondary N) is 1. The zero-order valence-corrected chi connectivity index (χ0v) is 11.1. The number of benzene rings is 1. The molecule has 0 radical (unpaired) electrons. The normalized spacial score (nSPS) is 10.6. The molecule has 17 heavy (non-hydrogen) atoms. The van der Waals surface area contributed by atoms with Gasteiger partial charge in [0.15, 0.2) is 0 Å². The summed E-state index contributed by atoms with van der Waals surface area (Å²) >= 11 is 1.83. The molecule has 3 N–H and O–H groups in total. The lowest BCUT2D eigenvalue weighted by Crippen LogP contribution is -2.30. The van der Waals surface area contributed by atoms with Gasteiger partial charge >= 0.3 is 0 Å². The maximum Gasteiger partial charge on any atom is 0.265 e. The fraction of sp³-hybridized carbons (Fsp3) is 0.417. The number of amides is 1. The highest BCUT2D eigenvalue weighted by atomic mass is 32.2. The number of rotatable bonds is 6. The van der Waals surface area contributed by atoms with Gasteiger partial charge in [0, 0.05) is 24.4 Å². The lowest BCUT2D eigenvalue weighted by Gasteiger charge is -2.16. The zero-order valence-electron chi connectivity index (χ0n) is 10.3. The highest BCUT2D eigenvalue weighted by Gasteiger charge is 2.05. The Labute approximate surface area is 107 Å². The van der Waals surface area contributed by atoms with Crippen molar-refractivity contribution in [2.45, 2.75) is 6.54 Å². The standard InChI is InChI=1S/C12H19N3OS/c1-15(6-7-17-2)9-10-4-3-5-11(8-10)12(16)14-13/h3-5,8H,6-7,9,13H2,1-2H3,(H,14,16). The van der Waals surface area contributed by atoms with Crippen LogP contribution in [0.25, 0.3) is 0 Å². The van der Waals surface area contributed by atoms with Gasteiger partial charge in [-0.3, -0.25) is 10.2 Å². The molecule has 0 aliphatic rings. The molecule has 0 aliphatic carbocycles. The lowest BCUT2D eigenvalue weighted by molar-refractivity contribution is 0.0953. The van der Waals surface area contributed by atoms with Crippen LogP contribution in [0.2, 0.25) is 0 Å². The van der Waals surface area contributed by atoms with E-state index in [1.807, 2.05) is 30.0 Å². The number of hydrogen-bond acceptors (Lipinski definition) is 4. The van der Waals surface area contributed by atoms with Crippen molar-refractivity contribution in [2.24, 2.45) is 5.84 Å². The minimum absolute atomic E-state index is 0.251. The minimum Gasteiger partial charge on any atom is -0.301 e. The molecule has 0 fully saturated rings. The smallest absolute Gasteiger partial charge is 0.265 e. The van der Waals surface area contributed by atoms with Gasteiger partial charge in [-0.25, -0.2) is 5.84 Å². The van der Waals surface area contributed by atoms with E-state index in [4.69, 9.17) is 5.84 Å². The van der Waals surface area contributed by atoms with Crippen LogP contribution in [0.15, 0.2) is 24.3 Å². The minimum atomic E-state index is -0.251. The number of carbonyl (C=O) groups is 1. The Morgan fingerprint density at radius 2 is 2.29 bits per heavy atom. The maximum atomic E-state index is 11.4. The summed E-state index contributed by atoms with van der Waals surface area (Å²) in [4.78, 5) is 13.6. The van der Waals surface area contributed by atoms with Crippen molar-refractivity contribution < 1.29 is 4.79 Å². The first-order chi connectivity index (χ1) is 8.17. The van der Waals surface area contributed by atoms with E-state index in [1.165, 1.54) is 0 Å². The second-order valence-corrected chi connectivity index (χ2v) is 4.89. The fourth-order valence-corrected chi connectivity index (χ4v) is 2.03. The first-order valence-corrected chi connectivity index (χ1v) is 6.84. The van der Waals surface area contributed by atoms with Crippen molar-refractivity contribution in [3.8, 4) is 0 Å². The summed E-state index contributed by atoms with van der Waals surface area (Å²) in [6.07, 6.45) is 2.10. The van der Waals surface area contributed by atoms with Crippen LogP contribution in [0.4, 0.5) is 0 Å². The van der Waals surface area contributed by atoms with Crippen LogP contribution in [-0.2, 0) is 6.54 Å². The quantitative estimate of drug-likeness (QED) is 0.452. The SMILES string of the molecule is CSCCN(C)Cc1cccc(C(=O)NN)c1. The molecular weight excluding hydrogens is 234 g/mol. The van der Waals surface area contributed by atoms with Crippen LogP contribution < -0.4 is 11.3 Å². The summed E-state index contributed by atoms with van der Waals surface area (Å²) < 4.78 is 0. The average molecular weight is 253 g/mol. The van der Waals surface area contributed by atoms with E-state index in [0.717, 1.165) is 24.4 Å². The molecule has 0 aliphatic heterocycles. The number of hydrazine groups is 1. The highest BCUT2D eigenvalue weighted by molar-refractivity contribution is 7.98. The summed E-state index contributed by atoms with van der Waals surface area (Å²) in [5.74, 6) is 5.97. The van der Waals surface area contributed by atoms with Crippen LogP contribution in [-0.4, -0.2) is 36.4 Å². The first kappa shape index (κ1) is 14.0. The molecule has 0 unspecified atom stereocenters. The predicted molar refractivity (Wildman–Crippen MR) is 72.8 cm³/mol. The molecule has 4 nitrogen and oxygen atoms in total. The lowest BCUT2D eigenvalue weighted by atomic mass is 10.1. The van der Waals surface area contributed by atoms with Crippen LogP contribution in [0.1, 0.15) is 15.9 Å². The molecule has 0 saturated heterocycles. The van der Waals surface area contributed by atoms with Crippen molar-refractivity contribution in [3.05, 3.63) is 35.4 Å². The second kappa shape index (κ2) is 7.32. The van der Waals surface area contributed by atoms with Gasteiger partial charge in [-0.05, 0) is 31.0 Å². The molecule has 0 saturated carbocycles. The van der Waals surface area contributed by atoms with Gasteiger partial charge in [0.1, 0.15) is 0 Å². The third-order valence-corrected chi connectivity index (χ3v) is 3.04. The zero-order chi connectivity index (χ0) is 12.7. The van der Waals surface area contributed by atoms with E-state index in [-0.39, 0.29) is 5.91 Å². The van der Waals surface area contributed by atoms with Gasteiger partial charge in [-0.15, -0.1) is 0 Å². The topological polar surface area (TPSA) is 58.4 Å². The second-order valence-electron chi connectivity index (χ2n) is 3.90. The molecule has 1 aromatic carbocycles. The fourth-order valence-electron chi connectivity index (χ4n) is 1.53. The molecule has 94 valence electrons. The van der Waals surface area contributed by atoms with Crippen molar-refractivity contribution in [1.82, 2.24) is 10.3 Å². The Morgan fingerprint density at radius 1 is 1.53 bits per heavy atom. The largest absolute Gasteiger partial charge is 0.301 e. The Kier molecular flexibility index (Phi) is 6.04.